The van der Waals surface area contributed by atoms with Crippen molar-refractivity contribution >= 4 is 47.7 Å². The molecule has 2 heterocycles. The van der Waals surface area contributed by atoms with Gasteiger partial charge in [-0.25, -0.2) is 10.5 Å². The van der Waals surface area contributed by atoms with Crippen molar-refractivity contribution in [2.75, 3.05) is 18.4 Å². The van der Waals surface area contributed by atoms with E-state index in [2.05, 4.69) is 15.3 Å². The average molecular weight is 424 g/mol. The van der Waals surface area contributed by atoms with Gasteiger partial charge in [-0.15, -0.1) is 12.4 Å². The van der Waals surface area contributed by atoms with E-state index < -0.39 is 5.91 Å². The zero-order valence-electron chi connectivity index (χ0n) is 14.7. The molecule has 2 amide bonds. The number of hydrogen-bond acceptors (Lipinski definition) is 6. The molecule has 148 valence electrons. The van der Waals surface area contributed by atoms with Crippen LogP contribution >= 0.6 is 24.0 Å². The molecule has 1 saturated heterocycles. The zero-order valence-corrected chi connectivity index (χ0v) is 16.3. The second-order valence-corrected chi connectivity index (χ2v) is 6.46. The fraction of sp³-hybridized carbons (Fsp3) is 0.222. The maximum absolute atomic E-state index is 12.5. The van der Waals surface area contributed by atoms with Gasteiger partial charge in [0, 0.05) is 35.8 Å². The van der Waals surface area contributed by atoms with Gasteiger partial charge in [0.15, 0.2) is 0 Å². The molecule has 3 N–H and O–H groups in total. The number of hydrogen-bond donors (Lipinski definition) is 3. The molecule has 1 aromatic carbocycles. The highest BCUT2D eigenvalue weighted by Crippen LogP contribution is 2.18. The number of carbonyl (C=O) groups is 2. The molecule has 1 atom stereocenters. The largest absolute Gasteiger partial charge is 0.364 e. The Morgan fingerprint density at radius 2 is 1.96 bits per heavy atom. The first-order chi connectivity index (χ1) is 13.0. The third kappa shape index (κ3) is 5.66. The van der Waals surface area contributed by atoms with Crippen LogP contribution in [0.1, 0.15) is 22.5 Å². The van der Waals surface area contributed by atoms with Crippen LogP contribution in [0.3, 0.4) is 0 Å². The molecule has 0 aliphatic carbocycles. The highest BCUT2D eigenvalue weighted by molar-refractivity contribution is 6.30. The lowest BCUT2D eigenvalue weighted by Crippen LogP contribution is -2.31. The average Bonchev–Trinajstić information content (AvgIpc) is 3.15. The number of carbonyl (C=O) groups excluding carboxylic acids is 2. The normalized spacial score (nSPS) is 15.9. The lowest BCUT2D eigenvalue weighted by atomic mass is 10.2. The summed E-state index contributed by atoms with van der Waals surface area (Å²) in [6.07, 6.45) is 6.45. The zero-order chi connectivity index (χ0) is 19.2. The second-order valence-electron chi connectivity index (χ2n) is 6.02. The molecule has 1 aliphatic rings. The van der Waals surface area contributed by atoms with Gasteiger partial charge in [0.2, 0.25) is 0 Å². The Bertz CT molecular complexity index is 843. The Balaban J connectivity index is 0.00000280. The Hall–Kier alpha value is -2.68. The van der Waals surface area contributed by atoms with E-state index in [-0.39, 0.29) is 24.4 Å². The van der Waals surface area contributed by atoms with Crippen LogP contribution < -0.4 is 10.8 Å². The van der Waals surface area contributed by atoms with Gasteiger partial charge < -0.3 is 10.2 Å². The topological polar surface area (TPSA) is 107 Å². The van der Waals surface area contributed by atoms with Gasteiger partial charge in [0.1, 0.15) is 5.82 Å². The molecule has 28 heavy (non-hydrogen) atoms. The first-order valence-corrected chi connectivity index (χ1v) is 8.68. The predicted molar refractivity (Wildman–Crippen MR) is 108 cm³/mol. The van der Waals surface area contributed by atoms with Crippen LogP contribution in [-0.4, -0.2) is 51.0 Å². The number of halogens is 2. The van der Waals surface area contributed by atoms with Crippen molar-refractivity contribution in [1.29, 1.82) is 0 Å². The van der Waals surface area contributed by atoms with E-state index in [9.17, 15) is 9.59 Å². The Kier molecular flexibility index (Phi) is 7.74. The Morgan fingerprint density at radius 1 is 1.21 bits per heavy atom. The predicted octanol–water partition coefficient (Wildman–Crippen LogP) is 2.40. The Morgan fingerprint density at radius 3 is 2.61 bits per heavy atom. The maximum atomic E-state index is 12.5. The van der Waals surface area contributed by atoms with Crippen molar-refractivity contribution in [3.05, 3.63) is 59.0 Å². The van der Waals surface area contributed by atoms with E-state index in [4.69, 9.17) is 16.8 Å². The van der Waals surface area contributed by atoms with Crippen LogP contribution in [0.2, 0.25) is 5.02 Å². The molecule has 0 saturated carbocycles. The molecule has 0 spiro atoms. The first-order valence-electron chi connectivity index (χ1n) is 8.31. The molecular formula is C18H19Cl2N5O3. The molecule has 0 bridgehead atoms. The van der Waals surface area contributed by atoms with Crippen LogP contribution in [0.4, 0.5) is 5.82 Å². The van der Waals surface area contributed by atoms with E-state index in [0.29, 0.717) is 35.2 Å². The van der Waals surface area contributed by atoms with Crippen LogP contribution in [0.15, 0.2) is 42.7 Å². The third-order valence-corrected chi connectivity index (χ3v) is 4.36. The van der Waals surface area contributed by atoms with E-state index in [1.807, 2.05) is 0 Å². The van der Waals surface area contributed by atoms with Gasteiger partial charge in [0.25, 0.3) is 11.8 Å². The maximum Gasteiger partial charge on any atom is 0.267 e. The van der Waals surface area contributed by atoms with Gasteiger partial charge >= 0.3 is 0 Å². The van der Waals surface area contributed by atoms with Gasteiger partial charge in [-0.3, -0.25) is 19.8 Å². The van der Waals surface area contributed by atoms with Crippen LogP contribution in [0.25, 0.3) is 6.08 Å². The number of aromatic nitrogens is 2. The van der Waals surface area contributed by atoms with Crippen molar-refractivity contribution < 1.29 is 14.8 Å². The lowest BCUT2D eigenvalue weighted by molar-refractivity contribution is -0.124. The molecule has 10 heteroatoms. The molecule has 8 nitrogen and oxygen atoms in total. The van der Waals surface area contributed by atoms with Crippen molar-refractivity contribution in [3.63, 3.8) is 0 Å². The number of nitrogens with one attached hydrogen (secondary N) is 2. The van der Waals surface area contributed by atoms with Crippen LogP contribution in [0.5, 0.6) is 0 Å². The molecule has 1 fully saturated rings. The minimum atomic E-state index is -0.643. The SMILES string of the molecule is Cl.O=C(C=Cc1cnc(N[C@@H]2CCN(C(=O)c3ccc(Cl)cc3)C2)cn1)NO. The van der Waals surface area contributed by atoms with Crippen molar-refractivity contribution in [1.82, 2.24) is 20.3 Å². The summed E-state index contributed by atoms with van der Waals surface area (Å²) in [5.74, 6) is -0.0790. The quantitative estimate of drug-likeness (QED) is 0.387. The van der Waals surface area contributed by atoms with Gasteiger partial charge in [0.05, 0.1) is 18.1 Å². The lowest BCUT2D eigenvalue weighted by Gasteiger charge is -2.17. The van der Waals surface area contributed by atoms with Gasteiger partial charge in [-0.05, 0) is 36.8 Å². The molecule has 1 aliphatic heterocycles. The number of anilines is 1. The third-order valence-electron chi connectivity index (χ3n) is 4.11. The van der Waals surface area contributed by atoms with Crippen molar-refractivity contribution in [3.8, 4) is 0 Å². The monoisotopic (exact) mass is 423 g/mol. The summed E-state index contributed by atoms with van der Waals surface area (Å²) < 4.78 is 0. The summed E-state index contributed by atoms with van der Waals surface area (Å²) in [4.78, 5) is 33.7. The van der Waals surface area contributed by atoms with Crippen LogP contribution in [0, 0.1) is 0 Å². The first kappa shape index (κ1) is 21.6. The van der Waals surface area contributed by atoms with Crippen LogP contribution in [-0.2, 0) is 4.79 Å². The summed E-state index contributed by atoms with van der Waals surface area (Å²) >= 11 is 5.86. The highest BCUT2D eigenvalue weighted by Gasteiger charge is 2.27. The molecule has 3 rings (SSSR count). The summed E-state index contributed by atoms with van der Waals surface area (Å²) in [7, 11) is 0. The number of likely N-dealkylation sites (tertiary alicyclic amines) is 1. The minimum Gasteiger partial charge on any atom is -0.364 e. The molecule has 2 aromatic rings. The molecule has 0 radical (unpaired) electrons. The van der Waals surface area contributed by atoms with E-state index in [1.54, 1.807) is 35.4 Å². The second kappa shape index (κ2) is 10.0. The number of hydroxylamine groups is 1. The highest BCUT2D eigenvalue weighted by atomic mass is 35.5. The standard InChI is InChI=1S/C18H18ClN5O3.ClH/c19-13-3-1-12(2-4-13)18(26)24-8-7-15(11-24)22-16-10-20-14(9-21-16)5-6-17(25)23-27;/h1-6,9-10,15,27H,7-8,11H2,(H,21,22)(H,23,25);1H/t15-;/m1./s1. The number of amides is 2. The van der Waals surface area contributed by atoms with Gasteiger partial charge in [-0.1, -0.05) is 11.6 Å². The van der Waals surface area contributed by atoms with Crippen molar-refractivity contribution in [2.45, 2.75) is 12.5 Å². The fourth-order valence-electron chi connectivity index (χ4n) is 2.74. The summed E-state index contributed by atoms with van der Waals surface area (Å²) in [5, 5.41) is 12.3. The van der Waals surface area contributed by atoms with Gasteiger partial charge in [-0.2, -0.15) is 0 Å². The summed E-state index contributed by atoms with van der Waals surface area (Å²) in [6.45, 7) is 1.23. The van der Waals surface area contributed by atoms with Crippen molar-refractivity contribution in [2.24, 2.45) is 0 Å². The van der Waals surface area contributed by atoms with E-state index >= 15 is 0 Å². The molecule has 1 aromatic heterocycles. The minimum absolute atomic E-state index is 0. The number of benzene rings is 1. The van der Waals surface area contributed by atoms with E-state index in [1.165, 1.54) is 17.8 Å². The molecular weight excluding hydrogens is 405 g/mol. The summed E-state index contributed by atoms with van der Waals surface area (Å²) in [6, 6.07) is 6.93. The smallest absolute Gasteiger partial charge is 0.267 e. The summed E-state index contributed by atoms with van der Waals surface area (Å²) in [5.41, 5.74) is 2.59. The fourth-order valence-corrected chi connectivity index (χ4v) is 2.87. The number of rotatable bonds is 5. The molecule has 0 unspecified atom stereocenters. The van der Waals surface area contributed by atoms with E-state index in [0.717, 1.165) is 12.5 Å². The Labute approximate surface area is 173 Å². The number of nitrogens with zero attached hydrogens (tertiary/aromatic N) is 3.